The SMILES string of the molecule is O=C([C@@H]1CCCN1C(=O)CCc1nc2ccccc2[nH]1)N1CCN(c2ccccc2F)CC1. The normalized spacial score (nSPS) is 18.8. The van der Waals surface area contributed by atoms with Crippen molar-refractivity contribution in [1.29, 1.82) is 0 Å². The van der Waals surface area contributed by atoms with Crippen LogP contribution in [0.4, 0.5) is 10.1 Å². The molecule has 2 aromatic carbocycles. The van der Waals surface area contributed by atoms with Crippen LogP contribution in [0.25, 0.3) is 11.0 Å². The smallest absolute Gasteiger partial charge is 0.245 e. The minimum absolute atomic E-state index is 0.00343. The predicted molar refractivity (Wildman–Crippen MR) is 124 cm³/mol. The molecule has 0 spiro atoms. The molecule has 2 aliphatic rings. The number of nitrogens with zero attached hydrogens (tertiary/aromatic N) is 4. The van der Waals surface area contributed by atoms with E-state index in [1.54, 1.807) is 17.0 Å². The molecule has 2 fully saturated rings. The number of rotatable bonds is 5. The van der Waals surface area contributed by atoms with Crippen molar-refractivity contribution in [2.45, 2.75) is 31.7 Å². The summed E-state index contributed by atoms with van der Waals surface area (Å²) in [7, 11) is 0. The molecule has 2 amide bonds. The number of piperazine rings is 1. The number of amides is 2. The van der Waals surface area contributed by atoms with Gasteiger partial charge in [0.15, 0.2) is 0 Å². The van der Waals surface area contributed by atoms with Crippen LogP contribution >= 0.6 is 0 Å². The molecular weight excluding hydrogens is 421 g/mol. The Morgan fingerprint density at radius 3 is 2.55 bits per heavy atom. The maximum atomic E-state index is 14.1. The van der Waals surface area contributed by atoms with Gasteiger partial charge in [0.25, 0.3) is 0 Å². The Kier molecular flexibility index (Phi) is 5.98. The van der Waals surface area contributed by atoms with E-state index in [0.717, 1.165) is 23.3 Å². The number of aromatic amines is 1. The number of H-pyrrole nitrogens is 1. The number of fused-ring (bicyclic) bond motifs is 1. The summed E-state index contributed by atoms with van der Waals surface area (Å²) in [4.78, 5) is 39.6. The molecule has 0 bridgehead atoms. The highest BCUT2D eigenvalue weighted by molar-refractivity contribution is 5.88. The van der Waals surface area contributed by atoms with E-state index < -0.39 is 6.04 Å². The molecule has 0 aliphatic carbocycles. The molecule has 2 saturated heterocycles. The standard InChI is InChI=1S/C25H28FN5O2/c26-18-6-1-4-9-21(18)29-14-16-30(17-15-29)25(33)22-10-5-13-31(22)24(32)12-11-23-27-19-7-2-3-8-20(19)28-23/h1-4,6-9,22H,5,10-17H2,(H,27,28)/t22-/m0/s1. The molecule has 33 heavy (non-hydrogen) atoms. The summed E-state index contributed by atoms with van der Waals surface area (Å²) >= 11 is 0. The Labute approximate surface area is 192 Å². The van der Waals surface area contributed by atoms with Crippen LogP contribution in [0.3, 0.4) is 0 Å². The van der Waals surface area contributed by atoms with Crippen LogP contribution < -0.4 is 4.90 Å². The lowest BCUT2D eigenvalue weighted by atomic mass is 10.1. The maximum Gasteiger partial charge on any atom is 0.245 e. The monoisotopic (exact) mass is 449 g/mol. The first-order chi connectivity index (χ1) is 16.1. The van der Waals surface area contributed by atoms with Crippen molar-refractivity contribution in [1.82, 2.24) is 19.8 Å². The second kappa shape index (κ2) is 9.21. The quantitative estimate of drug-likeness (QED) is 0.650. The number of aryl methyl sites for hydroxylation is 1. The number of para-hydroxylation sites is 3. The van der Waals surface area contributed by atoms with Crippen molar-refractivity contribution < 1.29 is 14.0 Å². The zero-order valence-corrected chi connectivity index (χ0v) is 18.5. The van der Waals surface area contributed by atoms with Crippen molar-refractivity contribution in [2.24, 2.45) is 0 Å². The lowest BCUT2D eigenvalue weighted by Gasteiger charge is -2.38. The minimum atomic E-state index is -0.395. The highest BCUT2D eigenvalue weighted by Crippen LogP contribution is 2.24. The zero-order valence-electron chi connectivity index (χ0n) is 18.5. The van der Waals surface area contributed by atoms with Crippen LogP contribution in [0.1, 0.15) is 25.1 Å². The van der Waals surface area contributed by atoms with Crippen molar-refractivity contribution in [2.75, 3.05) is 37.6 Å². The van der Waals surface area contributed by atoms with Gasteiger partial charge in [0.05, 0.1) is 16.7 Å². The molecule has 5 rings (SSSR count). The highest BCUT2D eigenvalue weighted by Gasteiger charge is 2.37. The van der Waals surface area contributed by atoms with Gasteiger partial charge in [0.1, 0.15) is 17.7 Å². The van der Waals surface area contributed by atoms with Crippen LogP contribution in [0.15, 0.2) is 48.5 Å². The lowest BCUT2D eigenvalue weighted by Crippen LogP contribution is -2.54. The number of carbonyl (C=O) groups is 2. The fourth-order valence-corrected chi connectivity index (χ4v) is 4.90. The Hall–Kier alpha value is -3.42. The number of hydrogen-bond donors (Lipinski definition) is 1. The van der Waals surface area contributed by atoms with Crippen molar-refractivity contribution in [3.63, 3.8) is 0 Å². The van der Waals surface area contributed by atoms with Gasteiger partial charge in [-0.1, -0.05) is 24.3 Å². The van der Waals surface area contributed by atoms with Gasteiger partial charge in [-0.3, -0.25) is 9.59 Å². The Bertz CT molecular complexity index is 1120. The summed E-state index contributed by atoms with van der Waals surface area (Å²) in [5.74, 6) is 0.555. The molecule has 0 unspecified atom stereocenters. The number of likely N-dealkylation sites (tertiary alicyclic amines) is 1. The van der Waals surface area contributed by atoms with Crippen molar-refractivity contribution >= 4 is 28.5 Å². The number of hydrogen-bond acceptors (Lipinski definition) is 4. The van der Waals surface area contributed by atoms with E-state index in [-0.39, 0.29) is 17.6 Å². The van der Waals surface area contributed by atoms with Gasteiger partial charge < -0.3 is 19.7 Å². The second-order valence-corrected chi connectivity index (χ2v) is 8.71. The Morgan fingerprint density at radius 2 is 1.76 bits per heavy atom. The van der Waals surface area contributed by atoms with E-state index in [1.165, 1.54) is 6.07 Å². The van der Waals surface area contributed by atoms with Crippen LogP contribution in [-0.2, 0) is 16.0 Å². The van der Waals surface area contributed by atoms with E-state index in [4.69, 9.17) is 0 Å². The summed E-state index contributed by atoms with van der Waals surface area (Å²) < 4.78 is 14.1. The number of aromatic nitrogens is 2. The first-order valence-electron chi connectivity index (χ1n) is 11.6. The molecule has 1 aromatic heterocycles. The number of nitrogens with one attached hydrogen (secondary N) is 1. The first-order valence-corrected chi connectivity index (χ1v) is 11.6. The molecule has 8 heteroatoms. The van der Waals surface area contributed by atoms with Crippen LogP contribution in [0.5, 0.6) is 0 Å². The van der Waals surface area contributed by atoms with Crippen molar-refractivity contribution in [3.8, 4) is 0 Å². The number of imidazole rings is 1. The average molecular weight is 450 g/mol. The fraction of sp³-hybridized carbons (Fsp3) is 0.400. The highest BCUT2D eigenvalue weighted by atomic mass is 19.1. The maximum absolute atomic E-state index is 14.1. The number of halogens is 1. The third-order valence-corrected chi connectivity index (χ3v) is 6.66. The largest absolute Gasteiger partial charge is 0.366 e. The number of anilines is 1. The van der Waals surface area contributed by atoms with Gasteiger partial charge in [-0.15, -0.1) is 0 Å². The van der Waals surface area contributed by atoms with E-state index in [2.05, 4.69) is 9.97 Å². The van der Waals surface area contributed by atoms with Gasteiger partial charge in [-0.25, -0.2) is 9.37 Å². The zero-order chi connectivity index (χ0) is 22.8. The van der Waals surface area contributed by atoms with E-state index >= 15 is 0 Å². The molecule has 2 aliphatic heterocycles. The van der Waals surface area contributed by atoms with Gasteiger partial charge in [-0.2, -0.15) is 0 Å². The summed E-state index contributed by atoms with van der Waals surface area (Å²) in [6.07, 6.45) is 2.38. The topological polar surface area (TPSA) is 72.5 Å². The van der Waals surface area contributed by atoms with E-state index in [1.807, 2.05) is 40.1 Å². The van der Waals surface area contributed by atoms with Crippen molar-refractivity contribution in [3.05, 3.63) is 60.2 Å². The summed E-state index contributed by atoms with van der Waals surface area (Å²) in [6.45, 7) is 2.85. The molecule has 172 valence electrons. The van der Waals surface area contributed by atoms with Crippen LogP contribution in [0.2, 0.25) is 0 Å². The molecule has 1 atom stereocenters. The Balaban J connectivity index is 1.17. The molecule has 7 nitrogen and oxygen atoms in total. The summed E-state index contributed by atoms with van der Waals surface area (Å²) in [5.41, 5.74) is 2.43. The Morgan fingerprint density at radius 1 is 1.00 bits per heavy atom. The fourth-order valence-electron chi connectivity index (χ4n) is 4.90. The van der Waals surface area contributed by atoms with E-state index in [0.29, 0.717) is 57.7 Å². The van der Waals surface area contributed by atoms with Gasteiger partial charge >= 0.3 is 0 Å². The molecule has 1 N–H and O–H groups in total. The average Bonchev–Trinajstić information content (AvgIpc) is 3.50. The third-order valence-electron chi connectivity index (χ3n) is 6.66. The van der Waals surface area contributed by atoms with Crippen LogP contribution in [-0.4, -0.2) is 70.3 Å². The summed E-state index contributed by atoms with van der Waals surface area (Å²) in [6, 6.07) is 14.1. The van der Waals surface area contributed by atoms with Gasteiger partial charge in [0, 0.05) is 45.6 Å². The lowest BCUT2D eigenvalue weighted by molar-refractivity contribution is -0.144. The molecule has 0 radical (unpaired) electrons. The molecule has 3 aromatic rings. The number of carbonyl (C=O) groups excluding carboxylic acids is 2. The van der Waals surface area contributed by atoms with Gasteiger partial charge in [-0.05, 0) is 37.1 Å². The molecule has 0 saturated carbocycles. The van der Waals surface area contributed by atoms with E-state index in [9.17, 15) is 14.0 Å². The van der Waals surface area contributed by atoms with Crippen LogP contribution in [0, 0.1) is 5.82 Å². The predicted octanol–water partition coefficient (Wildman–Crippen LogP) is 2.97. The molecular formula is C25H28FN5O2. The molecule has 3 heterocycles. The second-order valence-electron chi connectivity index (χ2n) is 8.71. The minimum Gasteiger partial charge on any atom is -0.366 e. The third kappa shape index (κ3) is 4.42. The first kappa shape index (κ1) is 21.4. The number of benzene rings is 2. The van der Waals surface area contributed by atoms with Gasteiger partial charge in [0.2, 0.25) is 11.8 Å². The summed E-state index contributed by atoms with van der Waals surface area (Å²) in [5, 5.41) is 0.